The summed E-state index contributed by atoms with van der Waals surface area (Å²) in [7, 11) is 0. The van der Waals surface area contributed by atoms with Crippen LogP contribution in [0.3, 0.4) is 0 Å². The number of rotatable bonds is 5. The van der Waals surface area contributed by atoms with E-state index in [-0.39, 0.29) is 11.3 Å². The molecule has 1 heterocycles. The summed E-state index contributed by atoms with van der Waals surface area (Å²) in [6.07, 6.45) is 0.991. The van der Waals surface area contributed by atoms with Crippen molar-refractivity contribution >= 4 is 44.8 Å². The second-order valence-electron chi connectivity index (χ2n) is 2.98. The second-order valence-corrected chi connectivity index (χ2v) is 5.36. The van der Waals surface area contributed by atoms with Crippen LogP contribution in [0.2, 0.25) is 0 Å². The first-order valence-electron chi connectivity index (χ1n) is 4.67. The Hall–Kier alpha value is -0.0600. The number of ether oxygens (including phenoxy) is 1. The van der Waals surface area contributed by atoms with E-state index in [0.29, 0.717) is 19.4 Å². The summed E-state index contributed by atoms with van der Waals surface area (Å²) in [5, 5.41) is 1.88. The Kier molecular flexibility index (Phi) is 5.64. The van der Waals surface area contributed by atoms with Gasteiger partial charge in [-0.15, -0.1) is 22.9 Å². The summed E-state index contributed by atoms with van der Waals surface area (Å²) in [6.45, 7) is 2.22. The van der Waals surface area contributed by atoms with Crippen LogP contribution in [-0.4, -0.2) is 12.6 Å². The first-order valence-corrected chi connectivity index (χ1v) is 6.78. The zero-order valence-electron chi connectivity index (χ0n) is 8.33. The molecule has 0 spiro atoms. The first kappa shape index (κ1) is 13.0. The third-order valence-electron chi connectivity index (χ3n) is 1.80. The number of carbonyl (C=O) groups is 1. The lowest BCUT2D eigenvalue weighted by molar-refractivity contribution is -0.143. The molecule has 1 unspecified atom stereocenters. The lowest BCUT2D eigenvalue weighted by Gasteiger charge is -2.06. The number of hydrogen-bond acceptors (Lipinski definition) is 3. The fourth-order valence-corrected chi connectivity index (χ4v) is 2.89. The predicted molar refractivity (Wildman–Crippen MR) is 66.5 cm³/mol. The van der Waals surface area contributed by atoms with Gasteiger partial charge < -0.3 is 4.74 Å². The fourth-order valence-electron chi connectivity index (χ4n) is 1.11. The molecule has 0 amide bonds. The van der Waals surface area contributed by atoms with Crippen LogP contribution in [-0.2, 0) is 9.53 Å². The zero-order chi connectivity index (χ0) is 11.3. The molecule has 0 aliphatic carbocycles. The van der Waals surface area contributed by atoms with E-state index in [1.807, 2.05) is 11.4 Å². The SMILES string of the molecule is CCOC(=O)CCC(Cl)c1cc(Br)cs1. The lowest BCUT2D eigenvalue weighted by Crippen LogP contribution is -2.04. The largest absolute Gasteiger partial charge is 0.466 e. The molecule has 0 aliphatic rings. The van der Waals surface area contributed by atoms with Gasteiger partial charge in [-0.1, -0.05) is 0 Å². The number of carbonyl (C=O) groups excluding carboxylic acids is 1. The van der Waals surface area contributed by atoms with E-state index < -0.39 is 0 Å². The van der Waals surface area contributed by atoms with Crippen molar-refractivity contribution < 1.29 is 9.53 Å². The summed E-state index contributed by atoms with van der Waals surface area (Å²) in [5.74, 6) is -0.182. The number of thiophene rings is 1. The highest BCUT2D eigenvalue weighted by Crippen LogP contribution is 2.32. The highest BCUT2D eigenvalue weighted by atomic mass is 79.9. The van der Waals surface area contributed by atoms with Gasteiger partial charge in [0.05, 0.1) is 12.0 Å². The van der Waals surface area contributed by atoms with Gasteiger partial charge in [0.1, 0.15) is 0 Å². The Morgan fingerprint density at radius 1 is 1.73 bits per heavy atom. The minimum atomic E-state index is -0.182. The van der Waals surface area contributed by atoms with Gasteiger partial charge in [0.15, 0.2) is 0 Å². The van der Waals surface area contributed by atoms with Gasteiger partial charge >= 0.3 is 5.97 Å². The van der Waals surface area contributed by atoms with Crippen LogP contribution in [0, 0.1) is 0 Å². The normalized spacial score (nSPS) is 12.5. The molecule has 0 fully saturated rings. The molecular formula is C10H12BrClO2S. The minimum Gasteiger partial charge on any atom is -0.466 e. The molecule has 1 aromatic heterocycles. The van der Waals surface area contributed by atoms with Crippen LogP contribution in [0.4, 0.5) is 0 Å². The third kappa shape index (κ3) is 4.53. The molecule has 1 atom stereocenters. The number of esters is 1. The average Bonchev–Trinajstić information content (AvgIpc) is 2.62. The first-order chi connectivity index (χ1) is 7.13. The van der Waals surface area contributed by atoms with Crippen molar-refractivity contribution in [2.45, 2.75) is 25.1 Å². The minimum absolute atomic E-state index is 0.106. The van der Waals surface area contributed by atoms with Crippen molar-refractivity contribution in [3.8, 4) is 0 Å². The van der Waals surface area contributed by atoms with E-state index in [9.17, 15) is 4.79 Å². The summed E-state index contributed by atoms with van der Waals surface area (Å²) in [6, 6.07) is 1.98. The number of alkyl halides is 1. The van der Waals surface area contributed by atoms with Gasteiger partial charge in [0, 0.05) is 21.2 Å². The summed E-state index contributed by atoms with van der Waals surface area (Å²) in [4.78, 5) is 12.2. The van der Waals surface area contributed by atoms with Crippen molar-refractivity contribution in [1.82, 2.24) is 0 Å². The van der Waals surface area contributed by atoms with E-state index in [1.54, 1.807) is 18.3 Å². The summed E-state index contributed by atoms with van der Waals surface area (Å²) < 4.78 is 5.86. The number of hydrogen-bond donors (Lipinski definition) is 0. The van der Waals surface area contributed by atoms with Crippen LogP contribution >= 0.6 is 38.9 Å². The standard InChI is InChI=1S/C10H12BrClO2S/c1-2-14-10(13)4-3-8(12)9-5-7(11)6-15-9/h5-6,8H,2-4H2,1H3. The maximum atomic E-state index is 11.1. The molecule has 2 nitrogen and oxygen atoms in total. The van der Waals surface area contributed by atoms with Crippen LogP contribution < -0.4 is 0 Å². The van der Waals surface area contributed by atoms with Crippen LogP contribution in [0.15, 0.2) is 15.9 Å². The van der Waals surface area contributed by atoms with E-state index >= 15 is 0 Å². The summed E-state index contributed by atoms with van der Waals surface area (Å²) in [5.41, 5.74) is 0. The Morgan fingerprint density at radius 3 is 3.00 bits per heavy atom. The van der Waals surface area contributed by atoms with Crippen LogP contribution in [0.1, 0.15) is 30.0 Å². The molecule has 1 aromatic rings. The maximum absolute atomic E-state index is 11.1. The van der Waals surface area contributed by atoms with E-state index in [1.165, 1.54) is 0 Å². The molecule has 1 rings (SSSR count). The van der Waals surface area contributed by atoms with Crippen LogP contribution in [0.5, 0.6) is 0 Å². The molecule has 0 aliphatic heterocycles. The monoisotopic (exact) mass is 310 g/mol. The Balaban J connectivity index is 2.36. The molecule has 84 valence electrons. The second kappa shape index (κ2) is 6.51. The van der Waals surface area contributed by atoms with Crippen molar-refractivity contribution in [2.75, 3.05) is 6.61 Å². The number of halogens is 2. The lowest BCUT2D eigenvalue weighted by atomic mass is 10.2. The zero-order valence-corrected chi connectivity index (χ0v) is 11.5. The summed E-state index contributed by atoms with van der Waals surface area (Å²) >= 11 is 11.1. The van der Waals surface area contributed by atoms with E-state index in [4.69, 9.17) is 16.3 Å². The molecule has 15 heavy (non-hydrogen) atoms. The Morgan fingerprint density at radius 2 is 2.47 bits per heavy atom. The quantitative estimate of drug-likeness (QED) is 0.603. The molecule has 0 bridgehead atoms. The maximum Gasteiger partial charge on any atom is 0.305 e. The van der Waals surface area contributed by atoms with E-state index in [0.717, 1.165) is 9.35 Å². The molecule has 0 radical (unpaired) electrons. The topological polar surface area (TPSA) is 26.3 Å². The highest BCUT2D eigenvalue weighted by Gasteiger charge is 2.12. The van der Waals surface area contributed by atoms with Gasteiger partial charge in [0.25, 0.3) is 0 Å². The molecular weight excluding hydrogens is 300 g/mol. The van der Waals surface area contributed by atoms with Gasteiger partial charge in [0.2, 0.25) is 0 Å². The van der Waals surface area contributed by atoms with Gasteiger partial charge in [-0.3, -0.25) is 4.79 Å². The Bertz CT molecular complexity index is 327. The molecule has 0 aromatic carbocycles. The fraction of sp³-hybridized carbons (Fsp3) is 0.500. The third-order valence-corrected chi connectivity index (χ3v) is 4.19. The van der Waals surface area contributed by atoms with Crippen molar-refractivity contribution in [2.24, 2.45) is 0 Å². The smallest absolute Gasteiger partial charge is 0.305 e. The molecule has 0 N–H and O–H groups in total. The van der Waals surface area contributed by atoms with Gasteiger partial charge in [-0.25, -0.2) is 0 Å². The van der Waals surface area contributed by atoms with Gasteiger partial charge in [-0.2, -0.15) is 0 Å². The average molecular weight is 312 g/mol. The van der Waals surface area contributed by atoms with Gasteiger partial charge in [-0.05, 0) is 35.3 Å². The Labute approximate surface area is 107 Å². The van der Waals surface area contributed by atoms with E-state index in [2.05, 4.69) is 15.9 Å². The van der Waals surface area contributed by atoms with Crippen molar-refractivity contribution in [3.05, 3.63) is 20.8 Å². The van der Waals surface area contributed by atoms with Crippen molar-refractivity contribution in [3.63, 3.8) is 0 Å². The molecule has 0 saturated heterocycles. The highest BCUT2D eigenvalue weighted by molar-refractivity contribution is 9.10. The molecule has 5 heteroatoms. The molecule has 0 saturated carbocycles. The van der Waals surface area contributed by atoms with Crippen LogP contribution in [0.25, 0.3) is 0 Å². The predicted octanol–water partition coefficient (Wildman–Crippen LogP) is 4.13. The van der Waals surface area contributed by atoms with Crippen molar-refractivity contribution in [1.29, 1.82) is 0 Å².